The molecule has 0 radical (unpaired) electrons. The van der Waals surface area contributed by atoms with Gasteiger partial charge in [-0.15, -0.1) is 10.2 Å². The van der Waals surface area contributed by atoms with Crippen LogP contribution in [0.2, 0.25) is 0 Å². The fraction of sp³-hybridized carbons (Fsp3) is 0.182. The van der Waals surface area contributed by atoms with Gasteiger partial charge in [-0.2, -0.15) is 0 Å². The molecule has 6 rings (SSSR count). The summed E-state index contributed by atoms with van der Waals surface area (Å²) < 4.78 is 18.2. The van der Waals surface area contributed by atoms with Crippen molar-refractivity contribution in [1.29, 1.82) is 0 Å². The summed E-state index contributed by atoms with van der Waals surface area (Å²) in [6.45, 7) is 1.96. The number of fused-ring (bicyclic) bond motifs is 1. The minimum atomic E-state index is -0.368. The first-order valence-corrected chi connectivity index (χ1v) is 9.75. The smallest absolute Gasteiger partial charge is 0.175 e. The third-order valence-corrected chi connectivity index (χ3v) is 5.80. The summed E-state index contributed by atoms with van der Waals surface area (Å²) in [6.07, 6.45) is 3.40. The Balaban J connectivity index is 1.69. The maximum Gasteiger partial charge on any atom is 0.175 e. The number of carbonyl (C=O) groups excluding carboxylic acids is 2. The van der Waals surface area contributed by atoms with Crippen LogP contribution in [0.4, 0.5) is 4.39 Å². The molecule has 148 valence electrons. The van der Waals surface area contributed by atoms with Crippen molar-refractivity contribution in [2.45, 2.75) is 19.5 Å². The standard InChI is InChI=1S/C22H16FN5O2/c23-13-7-12-10-24-4-6-27-11-15(14(8-13)21(12)27)19-16(29)9-17(30)20(19)22-26-25-18-3-1-2-5-28(18)22/h1-3,5,7-8,11,24H,4,6,9-10H2. The number of nitrogens with zero attached hydrogens (tertiary/aromatic N) is 4. The molecule has 3 aromatic heterocycles. The molecule has 0 saturated heterocycles. The Labute approximate surface area is 169 Å². The van der Waals surface area contributed by atoms with Crippen LogP contribution in [0.3, 0.4) is 0 Å². The van der Waals surface area contributed by atoms with Crippen molar-refractivity contribution in [2.75, 3.05) is 6.54 Å². The fourth-order valence-electron chi connectivity index (χ4n) is 4.56. The number of ketones is 2. The molecule has 0 amide bonds. The normalized spacial score (nSPS) is 16.8. The van der Waals surface area contributed by atoms with Gasteiger partial charge in [-0.05, 0) is 29.8 Å². The lowest BCUT2D eigenvalue weighted by molar-refractivity contribution is -0.119. The Hall–Kier alpha value is -3.65. The Morgan fingerprint density at radius 2 is 1.93 bits per heavy atom. The van der Waals surface area contributed by atoms with E-state index in [4.69, 9.17) is 0 Å². The van der Waals surface area contributed by atoms with Crippen molar-refractivity contribution in [3.63, 3.8) is 0 Å². The number of allylic oxidation sites excluding steroid dienone is 2. The average molecular weight is 401 g/mol. The zero-order chi connectivity index (χ0) is 20.4. The van der Waals surface area contributed by atoms with Crippen LogP contribution in [-0.4, -0.2) is 37.3 Å². The van der Waals surface area contributed by atoms with Crippen LogP contribution in [0.1, 0.15) is 23.4 Å². The molecule has 1 N–H and O–H groups in total. The van der Waals surface area contributed by atoms with Crippen molar-refractivity contribution >= 4 is 39.3 Å². The second-order valence-corrected chi connectivity index (χ2v) is 7.60. The zero-order valence-electron chi connectivity index (χ0n) is 15.9. The van der Waals surface area contributed by atoms with Crippen LogP contribution in [0.15, 0.2) is 42.7 Å². The molecule has 7 nitrogen and oxygen atoms in total. The monoisotopic (exact) mass is 401 g/mol. The summed E-state index contributed by atoms with van der Waals surface area (Å²) in [5.74, 6) is -0.600. The summed E-state index contributed by atoms with van der Waals surface area (Å²) in [5.41, 5.74) is 3.43. The summed E-state index contributed by atoms with van der Waals surface area (Å²) in [4.78, 5) is 25.8. The van der Waals surface area contributed by atoms with Crippen molar-refractivity contribution in [3.8, 4) is 0 Å². The average Bonchev–Trinajstić information content (AvgIpc) is 3.33. The third kappa shape index (κ3) is 2.34. The third-order valence-electron chi connectivity index (χ3n) is 5.80. The van der Waals surface area contributed by atoms with Gasteiger partial charge in [0.1, 0.15) is 5.82 Å². The first-order valence-electron chi connectivity index (χ1n) is 9.75. The molecule has 1 aromatic carbocycles. The Kier molecular flexibility index (Phi) is 3.54. The van der Waals surface area contributed by atoms with Crippen molar-refractivity contribution in [3.05, 3.63) is 65.5 Å². The van der Waals surface area contributed by atoms with Crippen LogP contribution in [0.25, 0.3) is 27.7 Å². The summed E-state index contributed by atoms with van der Waals surface area (Å²) in [6, 6.07) is 8.38. The van der Waals surface area contributed by atoms with Gasteiger partial charge >= 0.3 is 0 Å². The molecule has 0 unspecified atom stereocenters. The number of aromatic nitrogens is 4. The van der Waals surface area contributed by atoms with Gasteiger partial charge in [-0.25, -0.2) is 4.39 Å². The van der Waals surface area contributed by atoms with Gasteiger partial charge in [-0.1, -0.05) is 6.07 Å². The predicted octanol–water partition coefficient (Wildman–Crippen LogP) is 2.38. The van der Waals surface area contributed by atoms with Crippen LogP contribution >= 0.6 is 0 Å². The number of benzene rings is 1. The number of nitrogens with one attached hydrogen (secondary N) is 1. The number of pyridine rings is 1. The van der Waals surface area contributed by atoms with E-state index in [1.54, 1.807) is 16.7 Å². The first-order chi connectivity index (χ1) is 14.6. The van der Waals surface area contributed by atoms with Gasteiger partial charge in [0.2, 0.25) is 0 Å². The van der Waals surface area contributed by atoms with E-state index in [-0.39, 0.29) is 29.4 Å². The fourth-order valence-corrected chi connectivity index (χ4v) is 4.56. The summed E-state index contributed by atoms with van der Waals surface area (Å²) >= 11 is 0. The van der Waals surface area contributed by atoms with Crippen LogP contribution in [-0.2, 0) is 22.7 Å². The molecular weight excluding hydrogens is 385 g/mol. The van der Waals surface area contributed by atoms with Crippen LogP contribution in [0.5, 0.6) is 0 Å². The SMILES string of the molecule is O=C1CC(=O)C(c2nnc3ccccn23)=C1c1cn2c3c(cc(F)cc13)CNCC2. The maximum atomic E-state index is 14.4. The number of Topliss-reactive ketones (excluding diaryl/α,β-unsaturated/α-hetero) is 2. The number of rotatable bonds is 2. The van der Waals surface area contributed by atoms with Crippen molar-refractivity contribution in [2.24, 2.45) is 0 Å². The highest BCUT2D eigenvalue weighted by atomic mass is 19.1. The number of hydrogen-bond acceptors (Lipinski definition) is 5. The molecule has 1 aliphatic heterocycles. The van der Waals surface area contributed by atoms with E-state index in [2.05, 4.69) is 15.5 Å². The molecule has 0 atom stereocenters. The number of halogens is 1. The highest BCUT2D eigenvalue weighted by Crippen LogP contribution is 2.40. The van der Waals surface area contributed by atoms with Crippen LogP contribution in [0, 0.1) is 5.82 Å². The molecule has 1 aliphatic carbocycles. The topological polar surface area (TPSA) is 81.3 Å². The second kappa shape index (κ2) is 6.17. The summed E-state index contributed by atoms with van der Waals surface area (Å²) in [7, 11) is 0. The Morgan fingerprint density at radius 3 is 2.83 bits per heavy atom. The van der Waals surface area contributed by atoms with E-state index in [1.165, 1.54) is 12.1 Å². The highest BCUT2D eigenvalue weighted by Gasteiger charge is 2.36. The highest BCUT2D eigenvalue weighted by molar-refractivity contribution is 6.51. The number of carbonyl (C=O) groups is 2. The van der Waals surface area contributed by atoms with Gasteiger partial charge in [-0.3, -0.25) is 14.0 Å². The maximum absolute atomic E-state index is 14.4. The molecule has 2 aliphatic rings. The molecule has 4 heterocycles. The quantitative estimate of drug-likeness (QED) is 0.522. The van der Waals surface area contributed by atoms with E-state index in [0.29, 0.717) is 41.1 Å². The molecular formula is C22H16FN5O2. The number of hydrogen-bond donors (Lipinski definition) is 1. The molecule has 0 spiro atoms. The first kappa shape index (κ1) is 17.2. The predicted molar refractivity (Wildman–Crippen MR) is 108 cm³/mol. The second-order valence-electron chi connectivity index (χ2n) is 7.60. The Bertz CT molecular complexity index is 1430. The lowest BCUT2D eigenvalue weighted by atomic mass is 9.98. The molecule has 4 aromatic rings. The van der Waals surface area contributed by atoms with Gasteiger partial charge in [0, 0.05) is 48.6 Å². The van der Waals surface area contributed by atoms with Gasteiger partial charge in [0.25, 0.3) is 0 Å². The van der Waals surface area contributed by atoms with E-state index in [9.17, 15) is 14.0 Å². The lowest BCUT2D eigenvalue weighted by Gasteiger charge is -2.06. The molecule has 0 saturated carbocycles. The van der Waals surface area contributed by atoms with Crippen LogP contribution < -0.4 is 5.32 Å². The van der Waals surface area contributed by atoms with E-state index in [0.717, 1.165) is 17.6 Å². The molecule has 8 heteroatoms. The minimum Gasteiger partial charge on any atom is -0.345 e. The Morgan fingerprint density at radius 1 is 1.07 bits per heavy atom. The molecule has 0 fully saturated rings. The largest absolute Gasteiger partial charge is 0.345 e. The molecule has 0 bridgehead atoms. The van der Waals surface area contributed by atoms with E-state index < -0.39 is 0 Å². The van der Waals surface area contributed by atoms with Crippen molar-refractivity contribution in [1.82, 2.24) is 24.5 Å². The van der Waals surface area contributed by atoms with Gasteiger partial charge in [0.05, 0.1) is 17.5 Å². The van der Waals surface area contributed by atoms with E-state index >= 15 is 0 Å². The zero-order valence-corrected chi connectivity index (χ0v) is 15.9. The summed E-state index contributed by atoms with van der Waals surface area (Å²) in [5, 5.41) is 12.2. The van der Waals surface area contributed by atoms with Gasteiger partial charge < -0.3 is 9.88 Å². The molecule has 30 heavy (non-hydrogen) atoms. The lowest BCUT2D eigenvalue weighted by Crippen LogP contribution is -2.15. The van der Waals surface area contributed by atoms with Gasteiger partial charge in [0.15, 0.2) is 23.0 Å². The van der Waals surface area contributed by atoms with Crippen molar-refractivity contribution < 1.29 is 14.0 Å². The minimum absolute atomic E-state index is 0.219. The van der Waals surface area contributed by atoms with E-state index in [1.807, 2.05) is 22.9 Å².